The molecule has 2 aromatic carbocycles. The quantitative estimate of drug-likeness (QED) is 0.558. The fraction of sp³-hybridized carbons (Fsp3) is 0.286. The van der Waals surface area contributed by atoms with Crippen LogP contribution in [0.1, 0.15) is 34.8 Å². The fourth-order valence-electron chi connectivity index (χ4n) is 3.79. The average molecular weight is 409 g/mol. The third kappa shape index (κ3) is 3.08. The molecule has 8 heteroatoms. The van der Waals surface area contributed by atoms with Gasteiger partial charge >= 0.3 is 0 Å². The molecule has 0 spiro atoms. The van der Waals surface area contributed by atoms with Crippen LogP contribution in [0.3, 0.4) is 0 Å². The third-order valence-corrected chi connectivity index (χ3v) is 6.31. The van der Waals surface area contributed by atoms with E-state index in [-0.39, 0.29) is 17.8 Å². The zero-order valence-corrected chi connectivity index (χ0v) is 17.0. The number of aromatic nitrogens is 3. The number of nitrogens with one attached hydrogen (secondary N) is 1. The summed E-state index contributed by atoms with van der Waals surface area (Å²) in [7, 11) is 3.45. The van der Waals surface area contributed by atoms with Crippen molar-refractivity contribution in [2.75, 3.05) is 20.6 Å². The molecule has 0 radical (unpaired) electrons. The molecule has 0 bridgehead atoms. The second-order valence-corrected chi connectivity index (χ2v) is 8.51. The second kappa shape index (κ2) is 6.89. The summed E-state index contributed by atoms with van der Waals surface area (Å²) in [6, 6.07) is 11.0. The summed E-state index contributed by atoms with van der Waals surface area (Å²) in [5.41, 5.74) is 2.84. The van der Waals surface area contributed by atoms with Gasteiger partial charge in [-0.05, 0) is 55.3 Å². The van der Waals surface area contributed by atoms with Gasteiger partial charge in [-0.25, -0.2) is 8.91 Å². The van der Waals surface area contributed by atoms with Crippen molar-refractivity contribution in [3.8, 4) is 11.4 Å². The van der Waals surface area contributed by atoms with Crippen LogP contribution in [-0.4, -0.2) is 46.0 Å². The SMILES string of the molecule is CN(C)C(=O)c1ccc2c(c1)sc1nc(-c3ccc(C4CCCN4)cc3F)nn12. The van der Waals surface area contributed by atoms with E-state index in [0.29, 0.717) is 21.9 Å². The minimum Gasteiger partial charge on any atom is -0.345 e. The first-order valence-electron chi connectivity index (χ1n) is 9.55. The van der Waals surface area contributed by atoms with Crippen molar-refractivity contribution >= 4 is 32.4 Å². The molecule has 1 saturated heterocycles. The molecule has 1 aliphatic heterocycles. The molecule has 1 atom stereocenters. The monoisotopic (exact) mass is 409 g/mol. The number of nitrogens with zero attached hydrogens (tertiary/aromatic N) is 4. The van der Waals surface area contributed by atoms with Gasteiger partial charge in [0.15, 0.2) is 5.82 Å². The molecule has 29 heavy (non-hydrogen) atoms. The van der Waals surface area contributed by atoms with E-state index in [1.54, 1.807) is 41.7 Å². The Morgan fingerprint density at radius 2 is 2.14 bits per heavy atom. The number of carbonyl (C=O) groups is 1. The standard InChI is InChI=1S/C21H20FN5OS/c1-26(2)20(28)13-6-8-17-18(11-13)29-21-24-19(25-27(17)21)14-7-5-12(10-15(14)22)16-4-3-9-23-16/h5-8,10-11,16,23H,3-4,9H2,1-2H3. The maximum Gasteiger partial charge on any atom is 0.253 e. The van der Waals surface area contributed by atoms with E-state index < -0.39 is 0 Å². The van der Waals surface area contributed by atoms with Gasteiger partial charge in [-0.2, -0.15) is 4.98 Å². The van der Waals surface area contributed by atoms with E-state index in [4.69, 9.17) is 0 Å². The van der Waals surface area contributed by atoms with Crippen molar-refractivity contribution in [1.82, 2.24) is 24.8 Å². The Bertz CT molecular complexity index is 1240. The van der Waals surface area contributed by atoms with Gasteiger partial charge in [-0.15, -0.1) is 5.10 Å². The van der Waals surface area contributed by atoms with Crippen LogP contribution in [0.15, 0.2) is 36.4 Å². The maximum absolute atomic E-state index is 14.8. The zero-order chi connectivity index (χ0) is 20.1. The van der Waals surface area contributed by atoms with Crippen LogP contribution in [-0.2, 0) is 0 Å². The first-order valence-corrected chi connectivity index (χ1v) is 10.4. The Morgan fingerprint density at radius 1 is 1.28 bits per heavy atom. The van der Waals surface area contributed by atoms with E-state index in [9.17, 15) is 9.18 Å². The molecule has 1 aliphatic rings. The Morgan fingerprint density at radius 3 is 2.86 bits per heavy atom. The van der Waals surface area contributed by atoms with Crippen LogP contribution < -0.4 is 5.32 Å². The minimum absolute atomic E-state index is 0.0505. The molecule has 1 N–H and O–H groups in total. The third-order valence-electron chi connectivity index (χ3n) is 5.32. The number of fused-ring (bicyclic) bond motifs is 3. The largest absolute Gasteiger partial charge is 0.345 e. The fourth-order valence-corrected chi connectivity index (χ4v) is 4.79. The molecule has 3 heterocycles. The highest BCUT2D eigenvalue weighted by Gasteiger charge is 2.20. The predicted octanol–water partition coefficient (Wildman–Crippen LogP) is 3.88. The van der Waals surface area contributed by atoms with Crippen molar-refractivity contribution in [3.05, 3.63) is 53.3 Å². The van der Waals surface area contributed by atoms with Gasteiger partial charge in [0.25, 0.3) is 5.91 Å². The topological polar surface area (TPSA) is 62.5 Å². The summed E-state index contributed by atoms with van der Waals surface area (Å²) in [5.74, 6) is 0.0122. The van der Waals surface area contributed by atoms with Gasteiger partial charge in [0.2, 0.25) is 4.96 Å². The van der Waals surface area contributed by atoms with E-state index in [1.165, 1.54) is 11.3 Å². The van der Waals surface area contributed by atoms with E-state index in [1.807, 2.05) is 18.2 Å². The van der Waals surface area contributed by atoms with Crippen LogP contribution >= 0.6 is 11.3 Å². The van der Waals surface area contributed by atoms with Gasteiger partial charge < -0.3 is 10.2 Å². The van der Waals surface area contributed by atoms with Gasteiger partial charge in [-0.1, -0.05) is 17.4 Å². The van der Waals surface area contributed by atoms with Gasteiger partial charge in [0.05, 0.1) is 15.8 Å². The highest BCUT2D eigenvalue weighted by molar-refractivity contribution is 7.23. The van der Waals surface area contributed by atoms with E-state index in [0.717, 1.165) is 35.2 Å². The number of rotatable bonds is 3. The second-order valence-electron chi connectivity index (χ2n) is 7.50. The van der Waals surface area contributed by atoms with Gasteiger partial charge in [0, 0.05) is 25.7 Å². The Labute approximate surface area is 171 Å². The Kier molecular flexibility index (Phi) is 4.33. The molecule has 5 rings (SSSR count). The van der Waals surface area contributed by atoms with Crippen molar-refractivity contribution in [3.63, 3.8) is 0 Å². The number of thiazole rings is 1. The molecule has 2 aromatic heterocycles. The minimum atomic E-state index is -0.308. The van der Waals surface area contributed by atoms with Crippen LogP contribution in [0.5, 0.6) is 0 Å². The molecule has 148 valence electrons. The highest BCUT2D eigenvalue weighted by atomic mass is 32.1. The lowest BCUT2D eigenvalue weighted by Gasteiger charge is -2.11. The summed E-state index contributed by atoms with van der Waals surface area (Å²) < 4.78 is 17.4. The number of hydrogen-bond donors (Lipinski definition) is 1. The molecular formula is C21H20FN5OS. The van der Waals surface area contributed by atoms with Crippen LogP contribution in [0, 0.1) is 5.82 Å². The van der Waals surface area contributed by atoms with Crippen LogP contribution in [0.25, 0.3) is 26.6 Å². The maximum atomic E-state index is 14.8. The predicted molar refractivity (Wildman–Crippen MR) is 112 cm³/mol. The molecule has 4 aromatic rings. The molecule has 1 fully saturated rings. The van der Waals surface area contributed by atoms with Crippen molar-refractivity contribution in [2.24, 2.45) is 0 Å². The number of amides is 1. The summed E-state index contributed by atoms with van der Waals surface area (Å²) in [6.07, 6.45) is 2.14. The summed E-state index contributed by atoms with van der Waals surface area (Å²) >= 11 is 1.44. The molecule has 0 saturated carbocycles. The Hall–Kier alpha value is -2.84. The number of benzene rings is 2. The van der Waals surface area contributed by atoms with Gasteiger partial charge in [-0.3, -0.25) is 4.79 Å². The lowest BCUT2D eigenvalue weighted by atomic mass is 10.0. The number of carbonyl (C=O) groups excluding carboxylic acids is 1. The molecule has 1 unspecified atom stereocenters. The van der Waals surface area contributed by atoms with Crippen molar-refractivity contribution in [2.45, 2.75) is 18.9 Å². The van der Waals surface area contributed by atoms with E-state index >= 15 is 0 Å². The highest BCUT2D eigenvalue weighted by Crippen LogP contribution is 2.31. The summed E-state index contributed by atoms with van der Waals surface area (Å²) in [6.45, 7) is 0.974. The number of halogens is 1. The summed E-state index contributed by atoms with van der Waals surface area (Å²) in [5, 5.41) is 7.92. The average Bonchev–Trinajstić information content (AvgIpc) is 3.42. The molecular weight excluding hydrogens is 389 g/mol. The van der Waals surface area contributed by atoms with E-state index in [2.05, 4.69) is 15.4 Å². The zero-order valence-electron chi connectivity index (χ0n) is 16.1. The number of hydrogen-bond acceptors (Lipinski definition) is 5. The lowest BCUT2D eigenvalue weighted by molar-refractivity contribution is 0.0828. The van der Waals surface area contributed by atoms with Crippen molar-refractivity contribution in [1.29, 1.82) is 0 Å². The molecule has 1 amide bonds. The lowest BCUT2D eigenvalue weighted by Crippen LogP contribution is -2.21. The molecule has 6 nitrogen and oxygen atoms in total. The van der Waals surface area contributed by atoms with Crippen molar-refractivity contribution < 1.29 is 9.18 Å². The normalized spacial score (nSPS) is 16.7. The summed E-state index contributed by atoms with van der Waals surface area (Å²) in [4.78, 5) is 18.9. The Balaban J connectivity index is 1.52. The van der Waals surface area contributed by atoms with Gasteiger partial charge in [0.1, 0.15) is 5.82 Å². The first-order chi connectivity index (χ1) is 14.0. The molecule has 0 aliphatic carbocycles. The van der Waals surface area contributed by atoms with Crippen LogP contribution in [0.4, 0.5) is 4.39 Å². The first kappa shape index (κ1) is 18.2. The smallest absolute Gasteiger partial charge is 0.253 e. The van der Waals surface area contributed by atoms with Crippen LogP contribution in [0.2, 0.25) is 0 Å².